The number of nitrogens with zero attached hydrogens (tertiary/aromatic N) is 4. The summed E-state index contributed by atoms with van der Waals surface area (Å²) in [6.45, 7) is -0.217. The lowest BCUT2D eigenvalue weighted by Gasteiger charge is -2.09. The van der Waals surface area contributed by atoms with Crippen molar-refractivity contribution in [2.75, 3.05) is 7.05 Å². The molecule has 20 heavy (non-hydrogen) atoms. The molecule has 1 aliphatic heterocycles. The van der Waals surface area contributed by atoms with Gasteiger partial charge < -0.3 is 4.52 Å². The van der Waals surface area contributed by atoms with E-state index in [1.54, 1.807) is 0 Å². The van der Waals surface area contributed by atoms with Gasteiger partial charge in [0.2, 0.25) is 11.7 Å². The minimum absolute atomic E-state index is 0.0935. The van der Waals surface area contributed by atoms with Crippen LogP contribution in [-0.2, 0) is 16.1 Å². The molecular weight excluding hydrogens is 284 g/mol. The van der Waals surface area contributed by atoms with Gasteiger partial charge in [-0.15, -0.1) is 0 Å². The van der Waals surface area contributed by atoms with Gasteiger partial charge in [-0.2, -0.15) is 16.3 Å². The van der Waals surface area contributed by atoms with Gasteiger partial charge in [0.1, 0.15) is 6.54 Å². The van der Waals surface area contributed by atoms with Crippen LogP contribution < -0.4 is 0 Å². The maximum absolute atomic E-state index is 11.7. The van der Waals surface area contributed by atoms with Gasteiger partial charge in [0, 0.05) is 18.0 Å². The van der Waals surface area contributed by atoms with Crippen molar-refractivity contribution in [1.82, 2.24) is 19.9 Å². The molecule has 0 atom stereocenters. The van der Waals surface area contributed by atoms with Crippen LogP contribution in [0.5, 0.6) is 0 Å². The molecule has 3 heterocycles. The van der Waals surface area contributed by atoms with Gasteiger partial charge in [0.25, 0.3) is 0 Å². The van der Waals surface area contributed by atoms with Crippen molar-refractivity contribution in [2.24, 2.45) is 0 Å². The van der Waals surface area contributed by atoms with E-state index < -0.39 is 17.8 Å². The molecule has 0 aliphatic carbocycles. The van der Waals surface area contributed by atoms with Gasteiger partial charge >= 0.3 is 17.8 Å². The van der Waals surface area contributed by atoms with E-state index in [0.29, 0.717) is 5.82 Å². The monoisotopic (exact) mass is 292 g/mol. The van der Waals surface area contributed by atoms with Crippen LogP contribution in [-0.4, -0.2) is 44.8 Å². The minimum Gasteiger partial charge on any atom is -0.337 e. The predicted molar refractivity (Wildman–Crippen MR) is 66.3 cm³/mol. The normalized spacial score (nSPS) is 15.6. The van der Waals surface area contributed by atoms with E-state index in [9.17, 15) is 14.4 Å². The number of urea groups is 1. The number of thiophene rings is 1. The highest BCUT2D eigenvalue weighted by Gasteiger charge is 2.42. The second-order valence-corrected chi connectivity index (χ2v) is 4.84. The summed E-state index contributed by atoms with van der Waals surface area (Å²) in [5, 5.41) is 7.47. The van der Waals surface area contributed by atoms with Crippen LogP contribution in [0.15, 0.2) is 21.3 Å². The van der Waals surface area contributed by atoms with Gasteiger partial charge in [-0.1, -0.05) is 5.16 Å². The number of rotatable bonds is 3. The highest BCUT2D eigenvalue weighted by Crippen LogP contribution is 2.20. The quantitative estimate of drug-likeness (QED) is 0.611. The summed E-state index contributed by atoms with van der Waals surface area (Å²) in [6, 6.07) is 1.12. The fourth-order valence-corrected chi connectivity index (χ4v) is 2.35. The number of carbonyl (C=O) groups is 3. The number of imide groups is 2. The smallest absolute Gasteiger partial charge is 0.334 e. The zero-order valence-electron chi connectivity index (χ0n) is 10.3. The molecule has 4 amide bonds. The predicted octanol–water partition coefficient (Wildman–Crippen LogP) is 0.719. The Labute approximate surface area is 116 Å². The maximum Gasteiger partial charge on any atom is 0.334 e. The molecule has 1 fully saturated rings. The minimum atomic E-state index is -0.896. The Balaban J connectivity index is 1.81. The molecule has 2 aromatic heterocycles. The topological polar surface area (TPSA) is 96.6 Å². The zero-order chi connectivity index (χ0) is 14.3. The van der Waals surface area contributed by atoms with Crippen LogP contribution in [0.2, 0.25) is 0 Å². The Bertz CT molecular complexity index is 693. The molecule has 0 unspecified atom stereocenters. The molecule has 3 rings (SSSR count). The van der Waals surface area contributed by atoms with Crippen molar-refractivity contribution in [2.45, 2.75) is 6.54 Å². The van der Waals surface area contributed by atoms with E-state index >= 15 is 0 Å². The molecule has 0 N–H and O–H groups in total. The summed E-state index contributed by atoms with van der Waals surface area (Å²) in [5.41, 5.74) is 0.789. The van der Waals surface area contributed by atoms with Crippen molar-refractivity contribution in [1.29, 1.82) is 0 Å². The fourth-order valence-electron chi connectivity index (χ4n) is 1.72. The number of hydrogen-bond donors (Lipinski definition) is 0. The molecule has 9 heteroatoms. The number of hydrogen-bond acceptors (Lipinski definition) is 7. The lowest BCUT2D eigenvalue weighted by atomic mass is 10.3. The average molecular weight is 292 g/mol. The van der Waals surface area contributed by atoms with E-state index in [0.717, 1.165) is 15.4 Å². The Morgan fingerprint density at radius 3 is 2.70 bits per heavy atom. The number of amides is 4. The van der Waals surface area contributed by atoms with Crippen LogP contribution in [0.3, 0.4) is 0 Å². The molecule has 0 radical (unpaired) electrons. The van der Waals surface area contributed by atoms with Crippen molar-refractivity contribution in [3.05, 3.63) is 22.7 Å². The highest BCUT2D eigenvalue weighted by atomic mass is 32.1. The van der Waals surface area contributed by atoms with Gasteiger partial charge in [-0.05, 0) is 11.4 Å². The Morgan fingerprint density at radius 1 is 1.30 bits per heavy atom. The van der Waals surface area contributed by atoms with Crippen molar-refractivity contribution >= 4 is 29.2 Å². The standard InChI is InChI=1S/C11H8N4O4S/c1-14-9(16)10(17)15(11(14)18)4-7-12-8(13-19-7)6-2-3-20-5-6/h2-3,5H,4H2,1H3. The van der Waals surface area contributed by atoms with Crippen LogP contribution >= 0.6 is 11.3 Å². The SMILES string of the molecule is CN1C(=O)C(=O)N(Cc2nc(-c3ccsc3)no2)C1=O. The number of carbonyl (C=O) groups excluding carboxylic acids is 3. The third-order valence-electron chi connectivity index (χ3n) is 2.79. The highest BCUT2D eigenvalue weighted by molar-refractivity contribution is 7.08. The molecule has 1 aliphatic rings. The summed E-state index contributed by atoms with van der Waals surface area (Å²) in [7, 11) is 1.24. The maximum atomic E-state index is 11.7. The van der Waals surface area contributed by atoms with E-state index in [1.165, 1.54) is 18.4 Å². The van der Waals surface area contributed by atoms with Crippen LogP contribution in [0.4, 0.5) is 4.79 Å². The number of likely N-dealkylation sites (N-methyl/N-ethyl adjacent to an activating group) is 1. The fraction of sp³-hybridized carbons (Fsp3) is 0.182. The van der Waals surface area contributed by atoms with Crippen molar-refractivity contribution in [3.63, 3.8) is 0 Å². The third-order valence-corrected chi connectivity index (χ3v) is 3.47. The zero-order valence-corrected chi connectivity index (χ0v) is 11.1. The molecule has 0 saturated carbocycles. The summed E-state index contributed by atoms with van der Waals surface area (Å²) in [4.78, 5) is 40.2. The summed E-state index contributed by atoms with van der Waals surface area (Å²) < 4.78 is 4.99. The third kappa shape index (κ3) is 1.88. The van der Waals surface area contributed by atoms with Crippen LogP contribution in [0, 0.1) is 0 Å². The van der Waals surface area contributed by atoms with Crippen molar-refractivity contribution in [3.8, 4) is 11.4 Å². The average Bonchev–Trinajstić information content (AvgIpc) is 3.14. The van der Waals surface area contributed by atoms with Gasteiger partial charge in [0.15, 0.2) is 0 Å². The van der Waals surface area contributed by atoms with Gasteiger partial charge in [0.05, 0.1) is 0 Å². The van der Waals surface area contributed by atoms with Crippen LogP contribution in [0.25, 0.3) is 11.4 Å². The molecule has 0 aromatic carbocycles. The van der Waals surface area contributed by atoms with E-state index in [1.807, 2.05) is 16.8 Å². The summed E-state index contributed by atoms with van der Waals surface area (Å²) in [6.07, 6.45) is 0. The Hall–Kier alpha value is -2.55. The van der Waals surface area contributed by atoms with Gasteiger partial charge in [-0.3, -0.25) is 14.5 Å². The Kier molecular flexibility index (Phi) is 2.83. The van der Waals surface area contributed by atoms with E-state index in [4.69, 9.17) is 4.52 Å². The molecule has 8 nitrogen and oxygen atoms in total. The summed E-state index contributed by atoms with van der Waals surface area (Å²) >= 11 is 1.49. The first-order chi connectivity index (χ1) is 9.58. The van der Waals surface area contributed by atoms with Gasteiger partial charge in [-0.25, -0.2) is 9.69 Å². The second kappa shape index (κ2) is 4.53. The molecule has 2 aromatic rings. The number of aromatic nitrogens is 2. The molecule has 1 saturated heterocycles. The van der Waals surface area contributed by atoms with E-state index in [-0.39, 0.29) is 12.4 Å². The lowest BCUT2D eigenvalue weighted by Crippen LogP contribution is -2.31. The molecule has 0 bridgehead atoms. The Morgan fingerprint density at radius 2 is 2.10 bits per heavy atom. The summed E-state index contributed by atoms with van der Waals surface area (Å²) in [5.74, 6) is -1.30. The molecule has 0 spiro atoms. The first kappa shape index (κ1) is 12.5. The second-order valence-electron chi connectivity index (χ2n) is 4.06. The largest absolute Gasteiger partial charge is 0.337 e. The van der Waals surface area contributed by atoms with Crippen LogP contribution in [0.1, 0.15) is 5.89 Å². The van der Waals surface area contributed by atoms with E-state index in [2.05, 4.69) is 10.1 Å². The first-order valence-corrected chi connectivity index (χ1v) is 6.51. The molecular formula is C11H8N4O4S. The first-order valence-electron chi connectivity index (χ1n) is 5.56. The lowest BCUT2D eigenvalue weighted by molar-refractivity contribution is -0.143. The molecule has 102 valence electrons. The van der Waals surface area contributed by atoms with Crippen molar-refractivity contribution < 1.29 is 18.9 Å².